The average Bonchev–Trinajstić information content (AvgIpc) is 2.39. The lowest BCUT2D eigenvalue weighted by atomic mass is 9.89. The van der Waals surface area contributed by atoms with Crippen LogP contribution in [0.5, 0.6) is 5.75 Å². The van der Waals surface area contributed by atoms with Crippen molar-refractivity contribution >= 4 is 5.78 Å². The summed E-state index contributed by atoms with van der Waals surface area (Å²) in [6.45, 7) is 1.48. The predicted octanol–water partition coefficient (Wildman–Crippen LogP) is 1.73. The number of hydrogen-bond donors (Lipinski definition) is 1. The third kappa shape index (κ3) is 3.12. The molecule has 94 valence electrons. The number of nitrogens with one attached hydrogen (secondary N) is 1. The van der Waals surface area contributed by atoms with Gasteiger partial charge in [-0.25, -0.2) is 0 Å². The topological polar surface area (TPSA) is 38.3 Å². The van der Waals surface area contributed by atoms with Gasteiger partial charge in [0.25, 0.3) is 0 Å². The molecule has 3 heteroatoms. The van der Waals surface area contributed by atoms with E-state index >= 15 is 0 Å². The van der Waals surface area contributed by atoms with Gasteiger partial charge in [-0.05, 0) is 24.0 Å². The van der Waals surface area contributed by atoms with Gasteiger partial charge in [0.15, 0.2) is 0 Å². The van der Waals surface area contributed by atoms with E-state index in [4.69, 9.17) is 11.2 Å². The first kappa shape index (κ1) is 12.7. The minimum Gasteiger partial charge on any atom is -0.493 e. The van der Waals surface area contributed by atoms with Crippen molar-refractivity contribution in [2.75, 3.05) is 19.7 Å². The van der Waals surface area contributed by atoms with E-state index in [1.165, 1.54) is 0 Å². The van der Waals surface area contributed by atoms with E-state index in [0.29, 0.717) is 26.1 Å². The van der Waals surface area contributed by atoms with Gasteiger partial charge in [-0.2, -0.15) is 0 Å². The quantitative estimate of drug-likeness (QED) is 0.632. The highest BCUT2D eigenvalue weighted by atomic mass is 16.5. The molecule has 1 aromatic rings. The second kappa shape index (κ2) is 6.23. The van der Waals surface area contributed by atoms with Crippen LogP contribution >= 0.6 is 0 Å². The molecule has 1 aliphatic rings. The predicted molar refractivity (Wildman–Crippen MR) is 70.6 cm³/mol. The van der Waals surface area contributed by atoms with Crippen molar-refractivity contribution in [1.82, 2.24) is 5.32 Å². The fraction of sp³-hybridized carbons (Fsp3) is 0.400. The van der Waals surface area contributed by atoms with Crippen molar-refractivity contribution in [1.29, 1.82) is 0 Å². The van der Waals surface area contributed by atoms with E-state index in [2.05, 4.69) is 11.2 Å². The molecule has 2 rings (SSSR count). The fourth-order valence-corrected chi connectivity index (χ4v) is 2.25. The van der Waals surface area contributed by atoms with E-state index in [1.807, 2.05) is 24.3 Å². The van der Waals surface area contributed by atoms with E-state index < -0.39 is 0 Å². The summed E-state index contributed by atoms with van der Waals surface area (Å²) < 4.78 is 5.58. The zero-order chi connectivity index (χ0) is 12.8. The number of para-hydroxylation sites is 1. The standard InChI is InChI=1S/C15H17NO2/c1-2-8-16-11-13(17)10-12-7-9-18-15-6-4-3-5-14(12)15/h1,3-6,12,16H,7-11H2. The Hall–Kier alpha value is -1.79. The van der Waals surface area contributed by atoms with Crippen LogP contribution < -0.4 is 10.1 Å². The minimum atomic E-state index is 0.201. The van der Waals surface area contributed by atoms with Crippen molar-refractivity contribution in [3.8, 4) is 18.1 Å². The van der Waals surface area contributed by atoms with Gasteiger partial charge >= 0.3 is 0 Å². The summed E-state index contributed by atoms with van der Waals surface area (Å²) in [5, 5.41) is 2.93. The molecule has 1 heterocycles. The maximum absolute atomic E-state index is 11.8. The number of fused-ring (bicyclic) bond motifs is 1. The minimum absolute atomic E-state index is 0.201. The molecule has 0 spiro atoms. The summed E-state index contributed by atoms with van der Waals surface area (Å²) in [4.78, 5) is 11.8. The van der Waals surface area contributed by atoms with Crippen LogP contribution in [-0.2, 0) is 4.79 Å². The van der Waals surface area contributed by atoms with Crippen LogP contribution in [0, 0.1) is 12.3 Å². The van der Waals surface area contributed by atoms with E-state index in [1.54, 1.807) is 0 Å². The SMILES string of the molecule is C#CCNCC(=O)CC1CCOc2ccccc21. The second-order valence-electron chi connectivity index (χ2n) is 4.42. The summed E-state index contributed by atoms with van der Waals surface area (Å²) in [5.74, 6) is 3.85. The molecule has 0 fully saturated rings. The summed E-state index contributed by atoms with van der Waals surface area (Å²) in [6, 6.07) is 7.95. The first-order chi connectivity index (χ1) is 8.81. The number of hydrogen-bond acceptors (Lipinski definition) is 3. The molecule has 0 bridgehead atoms. The van der Waals surface area contributed by atoms with Crippen LogP contribution in [0.4, 0.5) is 0 Å². The molecule has 0 saturated heterocycles. The Balaban J connectivity index is 1.95. The largest absolute Gasteiger partial charge is 0.493 e. The molecule has 0 radical (unpaired) electrons. The lowest BCUT2D eigenvalue weighted by Crippen LogP contribution is -2.26. The maximum atomic E-state index is 11.8. The molecule has 3 nitrogen and oxygen atoms in total. The molecule has 1 aliphatic heterocycles. The molecule has 0 saturated carbocycles. The Morgan fingerprint density at radius 3 is 3.17 bits per heavy atom. The third-order valence-electron chi connectivity index (χ3n) is 3.11. The number of rotatable bonds is 5. The first-order valence-electron chi connectivity index (χ1n) is 6.19. The van der Waals surface area contributed by atoms with Gasteiger partial charge in [-0.15, -0.1) is 6.42 Å². The number of benzene rings is 1. The van der Waals surface area contributed by atoms with Crippen molar-refractivity contribution in [3.63, 3.8) is 0 Å². The molecule has 0 aliphatic carbocycles. The number of Topliss-reactive ketones (excluding diaryl/α,β-unsaturated/α-hetero) is 1. The Kier molecular flexibility index (Phi) is 4.38. The average molecular weight is 243 g/mol. The first-order valence-corrected chi connectivity index (χ1v) is 6.19. The summed E-state index contributed by atoms with van der Waals surface area (Å²) >= 11 is 0. The van der Waals surface area contributed by atoms with Crippen LogP contribution in [0.25, 0.3) is 0 Å². The molecule has 0 aromatic heterocycles. The van der Waals surface area contributed by atoms with Gasteiger partial charge in [0.05, 0.1) is 19.7 Å². The monoisotopic (exact) mass is 243 g/mol. The molecule has 0 amide bonds. The molecular formula is C15H17NO2. The number of carbonyl (C=O) groups excluding carboxylic acids is 1. The van der Waals surface area contributed by atoms with Crippen LogP contribution in [-0.4, -0.2) is 25.5 Å². The van der Waals surface area contributed by atoms with Gasteiger partial charge in [0.2, 0.25) is 0 Å². The smallest absolute Gasteiger partial charge is 0.147 e. The fourth-order valence-electron chi connectivity index (χ4n) is 2.25. The highest BCUT2D eigenvalue weighted by Gasteiger charge is 2.22. The molecular weight excluding hydrogens is 226 g/mol. The van der Waals surface area contributed by atoms with Gasteiger partial charge in [0.1, 0.15) is 11.5 Å². The number of ketones is 1. The second-order valence-corrected chi connectivity index (χ2v) is 4.42. The molecule has 18 heavy (non-hydrogen) atoms. The zero-order valence-electron chi connectivity index (χ0n) is 10.3. The van der Waals surface area contributed by atoms with Gasteiger partial charge in [-0.1, -0.05) is 24.1 Å². The van der Waals surface area contributed by atoms with Gasteiger partial charge in [0, 0.05) is 6.42 Å². The van der Waals surface area contributed by atoms with Crippen molar-refractivity contribution in [2.24, 2.45) is 0 Å². The number of carbonyl (C=O) groups is 1. The lowest BCUT2D eigenvalue weighted by Gasteiger charge is -2.25. The number of terminal acetylenes is 1. The van der Waals surface area contributed by atoms with Crippen LogP contribution in [0.3, 0.4) is 0 Å². The van der Waals surface area contributed by atoms with Crippen molar-refractivity contribution in [3.05, 3.63) is 29.8 Å². The van der Waals surface area contributed by atoms with E-state index in [9.17, 15) is 4.79 Å². The van der Waals surface area contributed by atoms with Gasteiger partial charge < -0.3 is 4.74 Å². The molecule has 1 aromatic carbocycles. The van der Waals surface area contributed by atoms with Crippen LogP contribution in [0.15, 0.2) is 24.3 Å². The Morgan fingerprint density at radius 1 is 1.50 bits per heavy atom. The highest BCUT2D eigenvalue weighted by Crippen LogP contribution is 2.35. The van der Waals surface area contributed by atoms with Crippen molar-refractivity contribution < 1.29 is 9.53 Å². The Bertz CT molecular complexity index is 462. The summed E-state index contributed by atoms with van der Waals surface area (Å²) in [7, 11) is 0. The zero-order valence-corrected chi connectivity index (χ0v) is 10.3. The van der Waals surface area contributed by atoms with Crippen LogP contribution in [0.1, 0.15) is 24.3 Å². The maximum Gasteiger partial charge on any atom is 0.147 e. The summed E-state index contributed by atoms with van der Waals surface area (Å²) in [6.07, 6.45) is 6.58. The van der Waals surface area contributed by atoms with Gasteiger partial charge in [-0.3, -0.25) is 10.1 Å². The normalized spacial score (nSPS) is 17.4. The van der Waals surface area contributed by atoms with Crippen molar-refractivity contribution in [2.45, 2.75) is 18.8 Å². The van der Waals surface area contributed by atoms with E-state index in [0.717, 1.165) is 17.7 Å². The third-order valence-corrected chi connectivity index (χ3v) is 3.11. The lowest BCUT2D eigenvalue weighted by molar-refractivity contribution is -0.118. The molecule has 1 atom stereocenters. The highest BCUT2D eigenvalue weighted by molar-refractivity contribution is 5.81. The number of ether oxygens (including phenoxy) is 1. The van der Waals surface area contributed by atoms with E-state index in [-0.39, 0.29) is 11.7 Å². The Morgan fingerprint density at radius 2 is 2.33 bits per heavy atom. The summed E-state index contributed by atoms with van der Waals surface area (Å²) in [5.41, 5.74) is 1.15. The molecule has 1 unspecified atom stereocenters. The Labute approximate surface area is 108 Å². The molecule has 1 N–H and O–H groups in total. The van der Waals surface area contributed by atoms with Crippen LogP contribution in [0.2, 0.25) is 0 Å².